The fraction of sp³-hybridized carbons (Fsp3) is 0.167. The molecule has 0 saturated heterocycles. The SMILES string of the molecule is COC(=O)C[C@H](c1ccccc1)N1C(=O)c2ccccc2C1=O. The average Bonchev–Trinajstić information content (AvgIpc) is 2.85. The van der Waals surface area contributed by atoms with Crippen LogP contribution in [-0.2, 0) is 9.53 Å². The van der Waals surface area contributed by atoms with E-state index >= 15 is 0 Å². The second-order valence-electron chi connectivity index (χ2n) is 5.23. The second-order valence-corrected chi connectivity index (χ2v) is 5.23. The number of ether oxygens (including phenoxy) is 1. The topological polar surface area (TPSA) is 63.7 Å². The molecule has 2 amide bonds. The average molecular weight is 309 g/mol. The number of benzene rings is 2. The van der Waals surface area contributed by atoms with Crippen LogP contribution in [0.5, 0.6) is 0 Å². The molecule has 1 atom stereocenters. The van der Waals surface area contributed by atoms with Gasteiger partial charge in [0.15, 0.2) is 0 Å². The molecule has 1 aliphatic rings. The zero-order valence-electron chi connectivity index (χ0n) is 12.6. The summed E-state index contributed by atoms with van der Waals surface area (Å²) in [5.41, 5.74) is 1.44. The molecule has 1 aliphatic heterocycles. The lowest BCUT2D eigenvalue weighted by Gasteiger charge is -2.25. The summed E-state index contributed by atoms with van der Waals surface area (Å²) in [6.45, 7) is 0. The maximum absolute atomic E-state index is 12.6. The maximum atomic E-state index is 12.6. The Labute approximate surface area is 133 Å². The Morgan fingerprint density at radius 3 is 2.00 bits per heavy atom. The van der Waals surface area contributed by atoms with Gasteiger partial charge in [-0.3, -0.25) is 19.3 Å². The number of hydrogen-bond donors (Lipinski definition) is 0. The molecule has 1 heterocycles. The van der Waals surface area contributed by atoms with E-state index in [0.717, 1.165) is 4.90 Å². The Kier molecular flexibility index (Phi) is 3.93. The van der Waals surface area contributed by atoms with Gasteiger partial charge in [-0.05, 0) is 17.7 Å². The van der Waals surface area contributed by atoms with Crippen LogP contribution in [0, 0.1) is 0 Å². The smallest absolute Gasteiger partial charge is 0.307 e. The van der Waals surface area contributed by atoms with Crippen LogP contribution in [0.25, 0.3) is 0 Å². The highest BCUT2D eigenvalue weighted by molar-refractivity contribution is 6.21. The van der Waals surface area contributed by atoms with Crippen molar-refractivity contribution < 1.29 is 19.1 Å². The van der Waals surface area contributed by atoms with Crippen LogP contribution in [0.1, 0.15) is 38.7 Å². The van der Waals surface area contributed by atoms with Gasteiger partial charge in [0.25, 0.3) is 11.8 Å². The van der Waals surface area contributed by atoms with Crippen molar-refractivity contribution >= 4 is 17.8 Å². The van der Waals surface area contributed by atoms with Crippen LogP contribution in [0.4, 0.5) is 0 Å². The van der Waals surface area contributed by atoms with Crippen LogP contribution >= 0.6 is 0 Å². The third-order valence-corrected chi connectivity index (χ3v) is 3.91. The van der Waals surface area contributed by atoms with Crippen LogP contribution < -0.4 is 0 Å². The number of methoxy groups -OCH3 is 1. The number of carbonyl (C=O) groups excluding carboxylic acids is 3. The molecule has 116 valence electrons. The summed E-state index contributed by atoms with van der Waals surface area (Å²) in [6.07, 6.45) is -0.0774. The molecule has 5 nitrogen and oxygen atoms in total. The van der Waals surface area contributed by atoms with Crippen LogP contribution in [0.2, 0.25) is 0 Å². The summed E-state index contributed by atoms with van der Waals surface area (Å²) >= 11 is 0. The van der Waals surface area contributed by atoms with E-state index in [1.165, 1.54) is 7.11 Å². The molecular formula is C18H15NO4. The van der Waals surface area contributed by atoms with Crippen molar-refractivity contribution in [2.75, 3.05) is 7.11 Å². The first kappa shape index (κ1) is 15.0. The monoisotopic (exact) mass is 309 g/mol. The standard InChI is InChI=1S/C18H15NO4/c1-23-16(20)11-15(12-7-3-2-4-8-12)19-17(21)13-9-5-6-10-14(13)18(19)22/h2-10,15H,11H2,1H3/t15-/m1/s1. The van der Waals surface area contributed by atoms with Crippen molar-refractivity contribution in [2.45, 2.75) is 12.5 Å². The molecular weight excluding hydrogens is 294 g/mol. The highest BCUT2D eigenvalue weighted by Gasteiger charge is 2.41. The Morgan fingerprint density at radius 1 is 0.957 bits per heavy atom. The molecule has 0 saturated carbocycles. The largest absolute Gasteiger partial charge is 0.469 e. The molecule has 0 aliphatic carbocycles. The van der Waals surface area contributed by atoms with Crippen molar-refractivity contribution in [1.29, 1.82) is 0 Å². The highest BCUT2D eigenvalue weighted by Crippen LogP contribution is 2.33. The van der Waals surface area contributed by atoms with Crippen LogP contribution in [-0.4, -0.2) is 29.8 Å². The first-order valence-electron chi connectivity index (χ1n) is 7.22. The molecule has 23 heavy (non-hydrogen) atoms. The van der Waals surface area contributed by atoms with Crippen molar-refractivity contribution in [3.63, 3.8) is 0 Å². The van der Waals surface area contributed by atoms with Gasteiger partial charge in [-0.2, -0.15) is 0 Å². The summed E-state index contributed by atoms with van der Waals surface area (Å²) in [4.78, 5) is 38.2. The zero-order chi connectivity index (χ0) is 16.4. The Morgan fingerprint density at radius 2 is 1.48 bits per heavy atom. The van der Waals surface area contributed by atoms with Gasteiger partial charge >= 0.3 is 5.97 Å². The second kappa shape index (κ2) is 6.04. The third kappa shape index (κ3) is 2.61. The van der Waals surface area contributed by atoms with E-state index in [1.54, 1.807) is 48.5 Å². The number of nitrogens with zero attached hydrogens (tertiary/aromatic N) is 1. The number of amides is 2. The lowest BCUT2D eigenvalue weighted by atomic mass is 10.0. The number of carbonyl (C=O) groups is 3. The van der Waals surface area contributed by atoms with E-state index in [4.69, 9.17) is 4.74 Å². The molecule has 2 aromatic rings. The molecule has 0 aromatic heterocycles. The van der Waals surface area contributed by atoms with Gasteiger partial charge in [-0.25, -0.2) is 0 Å². The number of hydrogen-bond acceptors (Lipinski definition) is 4. The van der Waals surface area contributed by atoms with Crippen molar-refractivity contribution in [2.24, 2.45) is 0 Å². The lowest BCUT2D eigenvalue weighted by Crippen LogP contribution is -2.35. The van der Waals surface area contributed by atoms with Gasteiger partial charge in [0.2, 0.25) is 0 Å². The predicted octanol–water partition coefficient (Wildman–Crippen LogP) is 2.59. The number of fused-ring (bicyclic) bond motifs is 1. The number of esters is 1. The van der Waals surface area contributed by atoms with Gasteiger partial charge in [-0.1, -0.05) is 42.5 Å². The molecule has 0 N–H and O–H groups in total. The van der Waals surface area contributed by atoms with E-state index in [-0.39, 0.29) is 18.2 Å². The fourth-order valence-corrected chi connectivity index (χ4v) is 2.77. The lowest BCUT2D eigenvalue weighted by molar-refractivity contribution is -0.141. The van der Waals surface area contributed by atoms with E-state index in [1.807, 2.05) is 6.07 Å². The van der Waals surface area contributed by atoms with Gasteiger partial charge in [0, 0.05) is 0 Å². The molecule has 0 unspecified atom stereocenters. The van der Waals surface area contributed by atoms with E-state index < -0.39 is 12.0 Å². The number of imide groups is 1. The van der Waals surface area contributed by atoms with Gasteiger partial charge in [0.05, 0.1) is 30.7 Å². The Bertz CT molecular complexity index is 735. The molecule has 5 heteroatoms. The van der Waals surface area contributed by atoms with E-state index in [9.17, 15) is 14.4 Å². The molecule has 0 fully saturated rings. The van der Waals surface area contributed by atoms with Crippen LogP contribution in [0.3, 0.4) is 0 Å². The molecule has 2 aromatic carbocycles. The van der Waals surface area contributed by atoms with Crippen LogP contribution in [0.15, 0.2) is 54.6 Å². The summed E-state index contributed by atoms with van der Waals surface area (Å²) in [7, 11) is 1.28. The minimum absolute atomic E-state index is 0.0774. The third-order valence-electron chi connectivity index (χ3n) is 3.91. The minimum atomic E-state index is -0.684. The predicted molar refractivity (Wildman–Crippen MR) is 82.8 cm³/mol. The Balaban J connectivity index is 2.03. The van der Waals surface area contributed by atoms with Gasteiger partial charge in [0.1, 0.15) is 0 Å². The molecule has 0 bridgehead atoms. The van der Waals surface area contributed by atoms with Crippen molar-refractivity contribution in [3.8, 4) is 0 Å². The fourth-order valence-electron chi connectivity index (χ4n) is 2.77. The number of rotatable bonds is 4. The molecule has 0 spiro atoms. The maximum Gasteiger partial charge on any atom is 0.307 e. The van der Waals surface area contributed by atoms with E-state index in [2.05, 4.69) is 0 Å². The van der Waals surface area contributed by atoms with Crippen molar-refractivity contribution in [3.05, 3.63) is 71.3 Å². The first-order chi connectivity index (χ1) is 11.1. The summed E-state index contributed by atoms with van der Waals surface area (Å²) in [5.74, 6) is -1.25. The van der Waals surface area contributed by atoms with E-state index in [0.29, 0.717) is 16.7 Å². The quantitative estimate of drug-likeness (QED) is 0.643. The summed E-state index contributed by atoms with van der Waals surface area (Å²) < 4.78 is 4.72. The van der Waals surface area contributed by atoms with Gasteiger partial charge in [-0.15, -0.1) is 0 Å². The van der Waals surface area contributed by atoms with Crippen molar-refractivity contribution in [1.82, 2.24) is 4.90 Å². The Hall–Kier alpha value is -2.95. The summed E-state index contributed by atoms with van der Waals surface area (Å²) in [6, 6.07) is 15.0. The minimum Gasteiger partial charge on any atom is -0.469 e. The highest BCUT2D eigenvalue weighted by atomic mass is 16.5. The molecule has 3 rings (SSSR count). The zero-order valence-corrected chi connectivity index (χ0v) is 12.6. The van der Waals surface area contributed by atoms with Gasteiger partial charge < -0.3 is 4.74 Å². The summed E-state index contributed by atoms with van der Waals surface area (Å²) in [5, 5.41) is 0. The molecule has 0 radical (unpaired) electrons. The normalized spacial score (nSPS) is 14.6. The first-order valence-corrected chi connectivity index (χ1v) is 7.22.